The molecule has 1 N–H and O–H groups in total. The normalized spacial score (nSPS) is 20.5. The van der Waals surface area contributed by atoms with Crippen LogP contribution in [0.2, 0.25) is 0 Å². The maximum atomic E-state index is 13.3. The van der Waals surface area contributed by atoms with E-state index in [1.807, 2.05) is 4.90 Å². The van der Waals surface area contributed by atoms with Gasteiger partial charge in [-0.1, -0.05) is 0 Å². The molecule has 212 valence electrons. The van der Waals surface area contributed by atoms with Gasteiger partial charge in [-0.25, -0.2) is 4.98 Å². The smallest absolute Gasteiger partial charge is 0.471 e. The minimum absolute atomic E-state index is 0.0624. The Bertz CT molecular complexity index is 1190. The lowest BCUT2D eigenvalue weighted by atomic mass is 9.92. The molecule has 0 spiro atoms. The molecule has 1 aromatic carbocycles. The summed E-state index contributed by atoms with van der Waals surface area (Å²) < 4.78 is 83.7. The van der Waals surface area contributed by atoms with Crippen molar-refractivity contribution in [3.8, 4) is 5.88 Å². The molecule has 0 atom stereocenters. The van der Waals surface area contributed by atoms with E-state index in [4.69, 9.17) is 4.74 Å². The molecular formula is C24H25F6N5O4. The number of piperazine rings is 1. The number of anilines is 2. The van der Waals surface area contributed by atoms with Gasteiger partial charge in [0.2, 0.25) is 5.88 Å². The summed E-state index contributed by atoms with van der Waals surface area (Å²) in [5, 5.41) is 14.0. The Morgan fingerprint density at radius 1 is 1.00 bits per heavy atom. The third-order valence-corrected chi connectivity index (χ3v) is 6.72. The summed E-state index contributed by atoms with van der Waals surface area (Å²) in [5.41, 5.74) is -1.47. The molecule has 1 aromatic heterocycles. The lowest BCUT2D eigenvalue weighted by Gasteiger charge is -2.36. The molecule has 0 unspecified atom stereocenters. The van der Waals surface area contributed by atoms with Gasteiger partial charge in [0.25, 0.3) is 5.69 Å². The molecule has 9 nitrogen and oxygen atoms in total. The average Bonchev–Trinajstić information content (AvgIpc) is 2.88. The monoisotopic (exact) mass is 561 g/mol. The molecule has 0 radical (unpaired) electrons. The molecule has 1 saturated carbocycles. The van der Waals surface area contributed by atoms with Crippen LogP contribution < -0.4 is 15.0 Å². The first-order chi connectivity index (χ1) is 18.3. The van der Waals surface area contributed by atoms with Crippen LogP contribution in [0.1, 0.15) is 31.2 Å². The summed E-state index contributed by atoms with van der Waals surface area (Å²) in [6, 6.07) is 6.07. The van der Waals surface area contributed by atoms with E-state index < -0.39 is 34.4 Å². The second-order valence-electron chi connectivity index (χ2n) is 9.35. The van der Waals surface area contributed by atoms with Gasteiger partial charge in [-0.15, -0.1) is 0 Å². The van der Waals surface area contributed by atoms with Crippen LogP contribution in [0.15, 0.2) is 36.5 Å². The van der Waals surface area contributed by atoms with E-state index in [0.29, 0.717) is 37.3 Å². The summed E-state index contributed by atoms with van der Waals surface area (Å²) in [7, 11) is 0. The van der Waals surface area contributed by atoms with Gasteiger partial charge in [-0.2, -0.15) is 26.3 Å². The van der Waals surface area contributed by atoms with Gasteiger partial charge in [0.05, 0.1) is 4.92 Å². The van der Waals surface area contributed by atoms with Crippen LogP contribution in [0.3, 0.4) is 0 Å². The fourth-order valence-electron chi connectivity index (χ4n) is 4.75. The van der Waals surface area contributed by atoms with E-state index in [2.05, 4.69) is 10.3 Å². The number of hydrogen-bond acceptors (Lipinski definition) is 7. The zero-order chi connectivity index (χ0) is 28.4. The second-order valence-corrected chi connectivity index (χ2v) is 9.35. The van der Waals surface area contributed by atoms with Gasteiger partial charge in [0, 0.05) is 61.9 Å². The van der Waals surface area contributed by atoms with Crippen molar-refractivity contribution in [2.24, 2.45) is 0 Å². The number of nitrogens with zero attached hydrogens (tertiary/aromatic N) is 4. The highest BCUT2D eigenvalue weighted by Crippen LogP contribution is 2.38. The van der Waals surface area contributed by atoms with Crippen molar-refractivity contribution in [1.29, 1.82) is 0 Å². The molecule has 39 heavy (non-hydrogen) atoms. The summed E-state index contributed by atoms with van der Waals surface area (Å²) in [4.78, 5) is 28.1. The minimum atomic E-state index is -4.90. The number of nitrogens with one attached hydrogen (secondary N) is 1. The topological polar surface area (TPSA) is 101 Å². The SMILES string of the molecule is O=C(N1CCN(c2ccnc(O[C@H]3CC[C@H](Nc4ccc([N+](=O)[O-])c(C(F)(F)F)c4)CC3)c2)CC1)C(F)(F)F. The minimum Gasteiger partial charge on any atom is -0.474 e. The van der Waals surface area contributed by atoms with E-state index in [1.54, 1.807) is 12.1 Å². The number of nitro benzene ring substituents is 1. The molecule has 4 rings (SSSR count). The number of carbonyl (C=O) groups is 1. The number of ether oxygens (including phenoxy) is 1. The fourth-order valence-corrected chi connectivity index (χ4v) is 4.75. The Labute approximate surface area is 218 Å². The molecule has 2 heterocycles. The van der Waals surface area contributed by atoms with Gasteiger partial charge in [0.1, 0.15) is 11.7 Å². The van der Waals surface area contributed by atoms with E-state index in [1.165, 1.54) is 12.3 Å². The van der Waals surface area contributed by atoms with Gasteiger partial charge >= 0.3 is 18.3 Å². The quantitative estimate of drug-likeness (QED) is 0.300. The number of hydrogen-bond donors (Lipinski definition) is 1. The zero-order valence-electron chi connectivity index (χ0n) is 20.5. The number of nitro groups is 1. The Balaban J connectivity index is 1.29. The van der Waals surface area contributed by atoms with E-state index in [-0.39, 0.29) is 44.0 Å². The van der Waals surface area contributed by atoms with Crippen molar-refractivity contribution >= 4 is 23.0 Å². The van der Waals surface area contributed by atoms with Crippen molar-refractivity contribution in [1.82, 2.24) is 9.88 Å². The molecule has 0 bridgehead atoms. The van der Waals surface area contributed by atoms with Crippen LogP contribution in [0.25, 0.3) is 0 Å². The van der Waals surface area contributed by atoms with E-state index in [0.717, 1.165) is 17.0 Å². The van der Waals surface area contributed by atoms with Crippen molar-refractivity contribution in [3.05, 3.63) is 52.2 Å². The molecule has 2 fully saturated rings. The van der Waals surface area contributed by atoms with Crippen molar-refractivity contribution in [2.45, 2.75) is 50.2 Å². The van der Waals surface area contributed by atoms with Crippen molar-refractivity contribution < 1.29 is 40.8 Å². The molecular weight excluding hydrogens is 536 g/mol. The van der Waals surface area contributed by atoms with Gasteiger partial charge in [-0.3, -0.25) is 14.9 Å². The predicted molar refractivity (Wildman–Crippen MR) is 127 cm³/mol. The number of carbonyl (C=O) groups excluding carboxylic acids is 1. The summed E-state index contributed by atoms with van der Waals surface area (Å²) >= 11 is 0. The van der Waals surface area contributed by atoms with Crippen LogP contribution >= 0.6 is 0 Å². The van der Waals surface area contributed by atoms with Crippen LogP contribution in [0.4, 0.5) is 43.4 Å². The first-order valence-corrected chi connectivity index (χ1v) is 12.2. The molecule has 2 aromatic rings. The van der Waals surface area contributed by atoms with Crippen LogP contribution in [-0.2, 0) is 11.0 Å². The first kappa shape index (κ1) is 28.2. The predicted octanol–water partition coefficient (Wildman–Crippen LogP) is 5.02. The zero-order valence-corrected chi connectivity index (χ0v) is 20.5. The number of benzene rings is 1. The third kappa shape index (κ3) is 7.00. The Morgan fingerprint density at radius 2 is 1.67 bits per heavy atom. The van der Waals surface area contributed by atoms with Gasteiger partial charge < -0.3 is 19.9 Å². The number of alkyl halides is 6. The molecule has 2 aliphatic rings. The molecule has 1 saturated heterocycles. The maximum absolute atomic E-state index is 13.3. The lowest BCUT2D eigenvalue weighted by Crippen LogP contribution is -2.52. The van der Waals surface area contributed by atoms with Crippen LogP contribution in [0, 0.1) is 10.1 Å². The van der Waals surface area contributed by atoms with E-state index in [9.17, 15) is 41.3 Å². The average molecular weight is 561 g/mol. The molecule has 1 aliphatic heterocycles. The number of halogens is 6. The number of aromatic nitrogens is 1. The Morgan fingerprint density at radius 3 is 2.26 bits per heavy atom. The largest absolute Gasteiger partial charge is 0.474 e. The fraction of sp³-hybridized carbons (Fsp3) is 0.500. The van der Waals surface area contributed by atoms with Crippen LogP contribution in [-0.4, -0.2) is 65.2 Å². The van der Waals surface area contributed by atoms with Crippen molar-refractivity contribution in [3.63, 3.8) is 0 Å². The molecule has 1 amide bonds. The van der Waals surface area contributed by atoms with Gasteiger partial charge in [0.15, 0.2) is 0 Å². The lowest BCUT2D eigenvalue weighted by molar-refractivity contribution is -0.388. The summed E-state index contributed by atoms with van der Waals surface area (Å²) in [6.07, 6.45) is -6.10. The Kier molecular flexibility index (Phi) is 8.07. The number of pyridine rings is 1. The highest BCUT2D eigenvalue weighted by molar-refractivity contribution is 5.82. The number of amides is 1. The summed E-state index contributed by atoms with van der Waals surface area (Å²) in [6.45, 7) is 0.321. The van der Waals surface area contributed by atoms with E-state index >= 15 is 0 Å². The van der Waals surface area contributed by atoms with Crippen molar-refractivity contribution in [2.75, 3.05) is 36.4 Å². The highest BCUT2D eigenvalue weighted by atomic mass is 19.4. The molecule has 15 heteroatoms. The summed E-state index contributed by atoms with van der Waals surface area (Å²) in [5.74, 6) is -1.51. The van der Waals surface area contributed by atoms with Gasteiger partial charge in [-0.05, 0) is 43.9 Å². The molecule has 1 aliphatic carbocycles. The number of rotatable bonds is 6. The maximum Gasteiger partial charge on any atom is 0.471 e. The Hall–Kier alpha value is -3.78. The third-order valence-electron chi connectivity index (χ3n) is 6.72. The van der Waals surface area contributed by atoms with Crippen LogP contribution in [0.5, 0.6) is 5.88 Å². The highest BCUT2D eigenvalue weighted by Gasteiger charge is 2.43. The standard InChI is InChI=1S/C24H25F6N5O4/c25-23(26,27)19-13-16(3-6-20(19)35(37)38)32-15-1-4-18(5-2-15)39-21-14-17(7-8-31-21)33-9-11-34(12-10-33)22(36)24(28,29)30/h3,6-8,13-15,18,32H,1-2,4-5,9-12H2/t15-,18-. The first-order valence-electron chi connectivity index (χ1n) is 12.2. The second kappa shape index (κ2) is 11.1.